The Morgan fingerprint density at radius 2 is 1.53 bits per heavy atom. The molecule has 2 aromatic carbocycles. The van der Waals surface area contributed by atoms with Gasteiger partial charge in [-0.1, -0.05) is 0 Å². The summed E-state index contributed by atoms with van der Waals surface area (Å²) in [7, 11) is 0. The number of carbonyl (C=O) groups is 4. The molecular formula is C22H20N2O8. The number of amides is 1. The molecule has 32 heavy (non-hydrogen) atoms. The fourth-order valence-electron chi connectivity index (χ4n) is 4.56. The van der Waals surface area contributed by atoms with E-state index in [0.29, 0.717) is 18.0 Å². The third kappa shape index (κ3) is 3.70. The molecule has 0 aromatic heterocycles. The number of aromatic carboxylic acids is 3. The molecule has 10 heteroatoms. The Kier molecular flexibility index (Phi) is 5.21. The van der Waals surface area contributed by atoms with Gasteiger partial charge in [0.25, 0.3) is 5.91 Å². The average Bonchev–Trinajstić information content (AvgIpc) is 3.36. The van der Waals surface area contributed by atoms with Crippen LogP contribution in [0.2, 0.25) is 0 Å². The zero-order valence-corrected chi connectivity index (χ0v) is 16.7. The first kappa shape index (κ1) is 21.2. The predicted molar refractivity (Wildman–Crippen MR) is 112 cm³/mol. The Morgan fingerprint density at radius 3 is 2.09 bits per heavy atom. The highest BCUT2D eigenvalue weighted by molar-refractivity contribution is 6.14. The van der Waals surface area contributed by atoms with Gasteiger partial charge in [0.2, 0.25) is 0 Å². The summed E-state index contributed by atoms with van der Waals surface area (Å²) in [5.41, 5.74) is -1.27. The molecule has 5 N–H and O–H groups in total. The second kappa shape index (κ2) is 7.88. The predicted octanol–water partition coefficient (Wildman–Crippen LogP) is 2.73. The summed E-state index contributed by atoms with van der Waals surface area (Å²) in [5, 5.41) is 40.4. The van der Waals surface area contributed by atoms with Crippen LogP contribution in [0.1, 0.15) is 60.7 Å². The molecule has 2 atom stereocenters. The van der Waals surface area contributed by atoms with E-state index in [9.17, 15) is 34.5 Å². The lowest BCUT2D eigenvalue weighted by Crippen LogP contribution is -2.32. The molecule has 2 aromatic rings. The lowest BCUT2D eigenvalue weighted by molar-refractivity contribution is 0.0679. The molecular weight excluding hydrogens is 420 g/mol. The van der Waals surface area contributed by atoms with E-state index in [0.717, 1.165) is 37.6 Å². The molecule has 166 valence electrons. The molecule has 0 spiro atoms. The maximum atomic E-state index is 12.9. The summed E-state index contributed by atoms with van der Waals surface area (Å²) < 4.78 is 0. The van der Waals surface area contributed by atoms with E-state index in [1.54, 1.807) is 6.07 Å². The van der Waals surface area contributed by atoms with Crippen molar-refractivity contribution >= 4 is 35.2 Å². The van der Waals surface area contributed by atoms with Crippen LogP contribution in [0.25, 0.3) is 0 Å². The van der Waals surface area contributed by atoms with Gasteiger partial charge in [-0.2, -0.15) is 0 Å². The number of nitrogens with zero attached hydrogens (tertiary/aromatic N) is 1. The number of anilines is 2. The SMILES string of the molecule is O=C(O)c1cc(C(=O)O)c(C(=O)Nc2cc(N3CC4CCC3C4)ccc2C(=O)O)cc1O. The molecule has 10 nitrogen and oxygen atoms in total. The summed E-state index contributed by atoms with van der Waals surface area (Å²) in [6, 6.07) is 6.38. The van der Waals surface area contributed by atoms with Gasteiger partial charge < -0.3 is 30.6 Å². The highest BCUT2D eigenvalue weighted by atomic mass is 16.4. The first-order chi connectivity index (χ1) is 15.2. The normalized spacial score (nSPS) is 19.1. The lowest BCUT2D eigenvalue weighted by Gasteiger charge is -2.29. The van der Waals surface area contributed by atoms with Crippen molar-refractivity contribution in [2.24, 2.45) is 5.92 Å². The number of phenols is 1. The molecule has 1 heterocycles. The fraction of sp³-hybridized carbons (Fsp3) is 0.273. The van der Waals surface area contributed by atoms with Crippen molar-refractivity contribution in [1.29, 1.82) is 0 Å². The van der Waals surface area contributed by atoms with Crippen molar-refractivity contribution in [2.75, 3.05) is 16.8 Å². The van der Waals surface area contributed by atoms with Gasteiger partial charge in [-0.3, -0.25) is 4.79 Å². The molecule has 1 aliphatic heterocycles. The Balaban J connectivity index is 1.70. The van der Waals surface area contributed by atoms with Crippen LogP contribution < -0.4 is 10.2 Å². The van der Waals surface area contributed by atoms with Crippen LogP contribution in [0.3, 0.4) is 0 Å². The first-order valence-electron chi connectivity index (χ1n) is 9.94. The van der Waals surface area contributed by atoms with E-state index in [-0.39, 0.29) is 11.3 Å². The average molecular weight is 440 g/mol. The van der Waals surface area contributed by atoms with Crippen molar-refractivity contribution in [3.8, 4) is 5.75 Å². The smallest absolute Gasteiger partial charge is 0.339 e. The maximum Gasteiger partial charge on any atom is 0.339 e. The highest BCUT2D eigenvalue weighted by Crippen LogP contribution is 2.41. The zero-order valence-electron chi connectivity index (χ0n) is 16.7. The maximum absolute atomic E-state index is 12.9. The zero-order chi connectivity index (χ0) is 23.2. The van der Waals surface area contributed by atoms with Crippen LogP contribution in [0.5, 0.6) is 5.75 Å². The Morgan fingerprint density at radius 1 is 0.844 bits per heavy atom. The Labute approximate surface area is 181 Å². The highest BCUT2D eigenvalue weighted by Gasteiger charge is 2.38. The first-order valence-corrected chi connectivity index (χ1v) is 9.94. The van der Waals surface area contributed by atoms with Crippen molar-refractivity contribution in [3.05, 3.63) is 52.6 Å². The number of rotatable bonds is 6. The number of hydrogen-bond acceptors (Lipinski definition) is 6. The fourth-order valence-corrected chi connectivity index (χ4v) is 4.56. The molecule has 1 saturated heterocycles. The van der Waals surface area contributed by atoms with Gasteiger partial charge in [-0.05, 0) is 55.5 Å². The van der Waals surface area contributed by atoms with E-state index in [1.165, 1.54) is 12.1 Å². The van der Waals surface area contributed by atoms with E-state index in [2.05, 4.69) is 10.2 Å². The summed E-state index contributed by atoms with van der Waals surface area (Å²) in [6.45, 7) is 0.845. The number of fused-ring (bicyclic) bond motifs is 2. The number of nitrogens with one attached hydrogen (secondary N) is 1. The van der Waals surface area contributed by atoms with Gasteiger partial charge in [-0.25, -0.2) is 14.4 Å². The van der Waals surface area contributed by atoms with E-state index >= 15 is 0 Å². The van der Waals surface area contributed by atoms with Crippen LogP contribution in [0.15, 0.2) is 30.3 Å². The van der Waals surface area contributed by atoms with Crippen LogP contribution in [0, 0.1) is 5.92 Å². The third-order valence-electron chi connectivity index (χ3n) is 6.06. The molecule has 2 fully saturated rings. The van der Waals surface area contributed by atoms with E-state index in [1.807, 2.05) is 0 Å². The number of carbonyl (C=O) groups excluding carboxylic acids is 1. The third-order valence-corrected chi connectivity index (χ3v) is 6.06. The molecule has 2 aliphatic rings. The van der Waals surface area contributed by atoms with Gasteiger partial charge >= 0.3 is 17.9 Å². The van der Waals surface area contributed by atoms with Gasteiger partial charge in [0.1, 0.15) is 11.3 Å². The van der Waals surface area contributed by atoms with Crippen molar-refractivity contribution < 1.29 is 39.6 Å². The van der Waals surface area contributed by atoms with Crippen molar-refractivity contribution in [3.63, 3.8) is 0 Å². The molecule has 4 rings (SSSR count). The van der Waals surface area contributed by atoms with Crippen molar-refractivity contribution in [2.45, 2.75) is 25.3 Å². The van der Waals surface area contributed by atoms with Crippen molar-refractivity contribution in [1.82, 2.24) is 0 Å². The standard InChI is InChI=1S/C22H20N2O8/c25-18-8-14(15(21(29)30)7-16(18)22(31)32)19(26)23-17-6-12(3-4-13(17)20(27)28)24-9-10-1-2-11(24)5-10/h3-4,6-8,10-11,25H,1-2,5,9H2,(H,23,26)(H,27,28)(H,29,30)(H,31,32). The molecule has 1 saturated carbocycles. The summed E-state index contributed by atoms with van der Waals surface area (Å²) in [6.07, 6.45) is 3.27. The number of aromatic hydroxyl groups is 1. The summed E-state index contributed by atoms with van der Waals surface area (Å²) >= 11 is 0. The minimum absolute atomic E-state index is 0.0269. The number of carboxylic acid groups (broad SMARTS) is 3. The summed E-state index contributed by atoms with van der Waals surface area (Å²) in [4.78, 5) is 49.5. The topological polar surface area (TPSA) is 164 Å². The quantitative estimate of drug-likeness (QED) is 0.454. The molecule has 1 aliphatic carbocycles. The minimum Gasteiger partial charge on any atom is -0.507 e. The van der Waals surface area contributed by atoms with Crippen LogP contribution in [0.4, 0.5) is 11.4 Å². The Hall–Kier alpha value is -4.08. The van der Waals surface area contributed by atoms with E-state index in [4.69, 9.17) is 5.11 Å². The monoisotopic (exact) mass is 440 g/mol. The largest absolute Gasteiger partial charge is 0.507 e. The minimum atomic E-state index is -1.57. The molecule has 2 unspecified atom stereocenters. The second-order valence-electron chi connectivity index (χ2n) is 8.00. The molecule has 2 bridgehead atoms. The number of piperidine rings is 1. The molecule has 0 radical (unpaired) electrons. The van der Waals surface area contributed by atoms with Gasteiger partial charge in [0.05, 0.1) is 22.4 Å². The van der Waals surface area contributed by atoms with Gasteiger partial charge in [0.15, 0.2) is 0 Å². The number of benzene rings is 2. The Bertz CT molecular complexity index is 1160. The van der Waals surface area contributed by atoms with Crippen LogP contribution in [-0.4, -0.2) is 56.8 Å². The van der Waals surface area contributed by atoms with Gasteiger partial charge in [0, 0.05) is 18.3 Å². The second-order valence-corrected chi connectivity index (χ2v) is 8.00. The van der Waals surface area contributed by atoms with Gasteiger partial charge in [-0.15, -0.1) is 0 Å². The van der Waals surface area contributed by atoms with Crippen LogP contribution >= 0.6 is 0 Å². The van der Waals surface area contributed by atoms with E-state index < -0.39 is 46.3 Å². The number of hydrogen-bond donors (Lipinski definition) is 5. The molecule has 1 amide bonds. The summed E-state index contributed by atoms with van der Waals surface area (Å²) in [5.74, 6) is -5.59. The number of carboxylic acids is 3. The lowest BCUT2D eigenvalue weighted by atomic mass is 10.0. The van der Waals surface area contributed by atoms with Crippen LogP contribution in [-0.2, 0) is 0 Å².